The van der Waals surface area contributed by atoms with E-state index in [9.17, 15) is 0 Å². The molecule has 1 N–H and O–H groups in total. The zero-order chi connectivity index (χ0) is 11.5. The Morgan fingerprint density at radius 1 is 1.38 bits per heavy atom. The molecule has 0 radical (unpaired) electrons. The first-order valence-corrected chi connectivity index (χ1v) is 6.32. The van der Waals surface area contributed by atoms with Gasteiger partial charge < -0.3 is 5.32 Å². The van der Waals surface area contributed by atoms with Gasteiger partial charge in [0.05, 0.1) is 17.2 Å². The second-order valence-corrected chi connectivity index (χ2v) is 5.17. The number of thiazole rings is 1. The second-order valence-electron chi connectivity index (χ2n) is 3.67. The normalized spacial score (nSPS) is 10.4. The van der Waals surface area contributed by atoms with Crippen LogP contribution >= 0.6 is 22.9 Å². The smallest absolute Gasteiger partial charge is 0.0898 e. The monoisotopic (exact) mass is 252 g/mol. The molecule has 0 saturated carbocycles. The summed E-state index contributed by atoms with van der Waals surface area (Å²) in [7, 11) is 0. The molecule has 1 heterocycles. The number of aryl methyl sites for hydroxylation is 2. The van der Waals surface area contributed by atoms with Crippen LogP contribution in [0.1, 0.15) is 16.3 Å². The number of hydrogen-bond acceptors (Lipinski definition) is 3. The van der Waals surface area contributed by atoms with Gasteiger partial charge in [0.1, 0.15) is 0 Å². The van der Waals surface area contributed by atoms with Gasteiger partial charge in [-0.25, -0.2) is 4.98 Å². The molecule has 84 valence electrons. The molecule has 0 atom stereocenters. The van der Waals surface area contributed by atoms with Gasteiger partial charge in [-0.15, -0.1) is 11.3 Å². The summed E-state index contributed by atoms with van der Waals surface area (Å²) in [6, 6.07) is 5.85. The zero-order valence-electron chi connectivity index (χ0n) is 9.25. The van der Waals surface area contributed by atoms with Crippen LogP contribution in [0.15, 0.2) is 23.6 Å². The van der Waals surface area contributed by atoms with E-state index in [1.807, 2.05) is 25.1 Å². The molecule has 0 amide bonds. The molecule has 0 fully saturated rings. The predicted molar refractivity (Wildman–Crippen MR) is 70.4 cm³/mol. The highest BCUT2D eigenvalue weighted by atomic mass is 35.5. The molecule has 2 nitrogen and oxygen atoms in total. The molecule has 0 saturated heterocycles. The number of nitrogens with zero attached hydrogens (tertiary/aromatic N) is 1. The van der Waals surface area contributed by atoms with Crippen LogP contribution in [0.4, 0.5) is 5.69 Å². The molecular weight excluding hydrogens is 240 g/mol. The first kappa shape index (κ1) is 11.4. The summed E-state index contributed by atoms with van der Waals surface area (Å²) in [5.74, 6) is 0. The third-order valence-corrected chi connectivity index (χ3v) is 3.38. The number of rotatable bonds is 3. The van der Waals surface area contributed by atoms with E-state index in [1.165, 1.54) is 5.56 Å². The summed E-state index contributed by atoms with van der Waals surface area (Å²) < 4.78 is 0. The van der Waals surface area contributed by atoms with Gasteiger partial charge >= 0.3 is 0 Å². The Balaban J connectivity index is 2.07. The van der Waals surface area contributed by atoms with Crippen molar-refractivity contribution in [1.82, 2.24) is 4.98 Å². The molecular formula is C12H13ClN2S. The Kier molecular flexibility index (Phi) is 3.46. The van der Waals surface area contributed by atoms with Crippen molar-refractivity contribution in [2.75, 3.05) is 5.32 Å². The summed E-state index contributed by atoms with van der Waals surface area (Å²) in [6.45, 7) is 4.81. The highest BCUT2D eigenvalue weighted by Crippen LogP contribution is 2.21. The molecule has 0 bridgehead atoms. The molecule has 0 aliphatic rings. The number of nitrogens with one attached hydrogen (secondary N) is 1. The zero-order valence-corrected chi connectivity index (χ0v) is 10.8. The fraction of sp³-hybridized carbons (Fsp3) is 0.250. The molecule has 2 rings (SSSR count). The number of anilines is 1. The lowest BCUT2D eigenvalue weighted by Gasteiger charge is -2.08. The molecule has 0 unspecified atom stereocenters. The van der Waals surface area contributed by atoms with Crippen LogP contribution in [0.5, 0.6) is 0 Å². The van der Waals surface area contributed by atoms with Crippen molar-refractivity contribution < 1.29 is 0 Å². The Bertz CT molecular complexity index is 494. The third kappa shape index (κ3) is 2.74. The molecule has 1 aromatic heterocycles. The first-order chi connectivity index (χ1) is 7.65. The number of hydrogen-bond donors (Lipinski definition) is 1. The standard InChI is InChI=1S/C12H13ClN2S/c1-8-3-4-10(13)5-12(8)14-6-11-7-16-9(2)15-11/h3-5,7,14H,6H2,1-2H3. The number of halogens is 1. The van der Waals surface area contributed by atoms with Crippen molar-refractivity contribution in [3.63, 3.8) is 0 Å². The predicted octanol–water partition coefficient (Wildman–Crippen LogP) is 4.03. The minimum atomic E-state index is 0.742. The lowest BCUT2D eigenvalue weighted by molar-refractivity contribution is 1.05. The maximum absolute atomic E-state index is 5.95. The summed E-state index contributed by atoms with van der Waals surface area (Å²) in [5, 5.41) is 7.26. The van der Waals surface area contributed by atoms with Crippen molar-refractivity contribution in [1.29, 1.82) is 0 Å². The van der Waals surface area contributed by atoms with Crippen LogP contribution in [0.25, 0.3) is 0 Å². The Labute approximate surface area is 104 Å². The Morgan fingerprint density at radius 2 is 2.19 bits per heavy atom. The highest BCUT2D eigenvalue weighted by Gasteiger charge is 2.01. The van der Waals surface area contributed by atoms with Crippen molar-refractivity contribution in [3.05, 3.63) is 44.9 Å². The lowest BCUT2D eigenvalue weighted by Crippen LogP contribution is -2.01. The number of aromatic nitrogens is 1. The Morgan fingerprint density at radius 3 is 2.88 bits per heavy atom. The topological polar surface area (TPSA) is 24.9 Å². The van der Waals surface area contributed by atoms with Gasteiger partial charge in [0.15, 0.2) is 0 Å². The van der Waals surface area contributed by atoms with Gasteiger partial charge in [0.25, 0.3) is 0 Å². The van der Waals surface area contributed by atoms with Crippen LogP contribution in [0, 0.1) is 13.8 Å². The van der Waals surface area contributed by atoms with E-state index in [4.69, 9.17) is 11.6 Å². The van der Waals surface area contributed by atoms with Crippen LogP contribution < -0.4 is 5.32 Å². The molecule has 16 heavy (non-hydrogen) atoms. The summed E-state index contributed by atoms with van der Waals surface area (Å²) in [4.78, 5) is 4.40. The summed E-state index contributed by atoms with van der Waals surface area (Å²) >= 11 is 7.62. The average molecular weight is 253 g/mol. The van der Waals surface area contributed by atoms with Gasteiger partial charge in [-0.05, 0) is 31.5 Å². The van der Waals surface area contributed by atoms with E-state index in [0.717, 1.165) is 28.0 Å². The van der Waals surface area contributed by atoms with E-state index in [2.05, 4.69) is 22.6 Å². The number of benzene rings is 1. The average Bonchev–Trinajstić information content (AvgIpc) is 2.66. The third-order valence-electron chi connectivity index (χ3n) is 2.33. The maximum Gasteiger partial charge on any atom is 0.0898 e. The van der Waals surface area contributed by atoms with Gasteiger partial charge in [-0.3, -0.25) is 0 Å². The van der Waals surface area contributed by atoms with E-state index in [-0.39, 0.29) is 0 Å². The summed E-state index contributed by atoms with van der Waals surface area (Å²) in [5.41, 5.74) is 3.33. The SMILES string of the molecule is Cc1nc(CNc2cc(Cl)ccc2C)cs1. The quantitative estimate of drug-likeness (QED) is 0.892. The van der Waals surface area contributed by atoms with Gasteiger partial charge in [-0.1, -0.05) is 17.7 Å². The fourth-order valence-electron chi connectivity index (χ4n) is 1.46. The van der Waals surface area contributed by atoms with Crippen molar-refractivity contribution >= 4 is 28.6 Å². The van der Waals surface area contributed by atoms with E-state index >= 15 is 0 Å². The Hall–Kier alpha value is -1.06. The molecule has 4 heteroatoms. The van der Waals surface area contributed by atoms with Crippen LogP contribution in [0.2, 0.25) is 5.02 Å². The first-order valence-electron chi connectivity index (χ1n) is 5.06. The molecule has 2 aromatic rings. The van der Waals surface area contributed by atoms with Gasteiger partial charge in [0, 0.05) is 16.1 Å². The van der Waals surface area contributed by atoms with E-state index in [1.54, 1.807) is 11.3 Å². The second kappa shape index (κ2) is 4.85. The van der Waals surface area contributed by atoms with Gasteiger partial charge in [0.2, 0.25) is 0 Å². The fourth-order valence-corrected chi connectivity index (χ4v) is 2.24. The van der Waals surface area contributed by atoms with Gasteiger partial charge in [-0.2, -0.15) is 0 Å². The highest BCUT2D eigenvalue weighted by molar-refractivity contribution is 7.09. The largest absolute Gasteiger partial charge is 0.379 e. The maximum atomic E-state index is 5.95. The molecule has 0 spiro atoms. The summed E-state index contributed by atoms with van der Waals surface area (Å²) in [6.07, 6.45) is 0. The van der Waals surface area contributed by atoms with Crippen molar-refractivity contribution in [2.24, 2.45) is 0 Å². The van der Waals surface area contributed by atoms with Crippen LogP contribution in [-0.4, -0.2) is 4.98 Å². The minimum Gasteiger partial charge on any atom is -0.379 e. The minimum absolute atomic E-state index is 0.742. The van der Waals surface area contributed by atoms with Crippen LogP contribution in [0.3, 0.4) is 0 Å². The van der Waals surface area contributed by atoms with E-state index < -0.39 is 0 Å². The van der Waals surface area contributed by atoms with E-state index in [0.29, 0.717) is 0 Å². The van der Waals surface area contributed by atoms with Crippen LogP contribution in [-0.2, 0) is 6.54 Å². The van der Waals surface area contributed by atoms with Crippen molar-refractivity contribution in [2.45, 2.75) is 20.4 Å². The lowest BCUT2D eigenvalue weighted by atomic mass is 10.2. The van der Waals surface area contributed by atoms with Crippen molar-refractivity contribution in [3.8, 4) is 0 Å². The molecule has 0 aliphatic heterocycles. The molecule has 1 aromatic carbocycles. The molecule has 0 aliphatic carbocycles.